The Balaban J connectivity index is 1.26. The summed E-state index contributed by atoms with van der Waals surface area (Å²) in [7, 11) is 0. The first kappa shape index (κ1) is 25.5. The van der Waals surface area contributed by atoms with Gasteiger partial charge in [-0.1, -0.05) is 123 Å². The highest BCUT2D eigenvalue weighted by molar-refractivity contribution is 6.16. The average molecular weight is 588 g/mol. The molecule has 0 atom stereocenters. The van der Waals surface area contributed by atoms with E-state index in [-0.39, 0.29) is 5.41 Å². The fraction of sp³-hybridized carbons (Fsp3) is 0.0698. The molecule has 0 fully saturated rings. The summed E-state index contributed by atoms with van der Waals surface area (Å²) < 4.78 is 2.25. The summed E-state index contributed by atoms with van der Waals surface area (Å²) in [6, 6.07) is 50.5. The third-order valence-electron chi connectivity index (χ3n) is 10.2. The third kappa shape index (κ3) is 3.37. The van der Waals surface area contributed by atoms with Gasteiger partial charge in [-0.2, -0.15) is 0 Å². The van der Waals surface area contributed by atoms with E-state index >= 15 is 0 Å². The fourth-order valence-corrected chi connectivity index (χ4v) is 8.02. The van der Waals surface area contributed by atoms with Crippen molar-refractivity contribution < 1.29 is 0 Å². The van der Waals surface area contributed by atoms with Crippen molar-refractivity contribution in [1.82, 2.24) is 14.5 Å². The van der Waals surface area contributed by atoms with Gasteiger partial charge >= 0.3 is 0 Å². The van der Waals surface area contributed by atoms with Gasteiger partial charge in [0.1, 0.15) is 0 Å². The van der Waals surface area contributed by atoms with E-state index in [9.17, 15) is 0 Å². The lowest BCUT2D eigenvalue weighted by Gasteiger charge is -2.34. The topological polar surface area (TPSA) is 30.7 Å². The van der Waals surface area contributed by atoms with Gasteiger partial charge in [-0.15, -0.1) is 0 Å². The first-order chi connectivity index (χ1) is 22.6. The number of hydrogen-bond donors (Lipinski definition) is 0. The molecular formula is C43H29N3. The molecule has 0 saturated heterocycles. The molecule has 216 valence electrons. The van der Waals surface area contributed by atoms with E-state index in [1.165, 1.54) is 60.1 Å². The van der Waals surface area contributed by atoms with Gasteiger partial charge < -0.3 is 0 Å². The number of benzene rings is 7. The van der Waals surface area contributed by atoms with Gasteiger partial charge in [-0.25, -0.2) is 9.97 Å². The fourth-order valence-electron chi connectivity index (χ4n) is 8.02. The minimum absolute atomic E-state index is 0.135. The Morgan fingerprint density at radius 3 is 2.09 bits per heavy atom. The lowest BCUT2D eigenvalue weighted by atomic mass is 9.70. The van der Waals surface area contributed by atoms with E-state index in [1.807, 2.05) is 0 Å². The summed E-state index contributed by atoms with van der Waals surface area (Å²) in [5.74, 6) is 0.698. The Morgan fingerprint density at radius 1 is 0.500 bits per heavy atom. The SMILES string of the molecule is CC1(C)c2ccccc2-c2nc(-n3c4ccccc4c4cc(-c5cc6ccccc6c6ccccc56)ccc43)nc3cccc1c23. The van der Waals surface area contributed by atoms with E-state index in [0.29, 0.717) is 5.95 Å². The second kappa shape index (κ2) is 9.12. The molecule has 0 N–H and O–H groups in total. The molecule has 0 bridgehead atoms. The zero-order valence-electron chi connectivity index (χ0n) is 25.6. The Kier molecular flexibility index (Phi) is 5.06. The molecule has 10 rings (SSSR count). The normalized spacial score (nSPS) is 13.6. The molecule has 0 unspecified atom stereocenters. The van der Waals surface area contributed by atoms with Crippen LogP contribution in [0.4, 0.5) is 0 Å². The molecule has 0 radical (unpaired) electrons. The van der Waals surface area contributed by atoms with Crippen molar-refractivity contribution in [1.29, 1.82) is 0 Å². The van der Waals surface area contributed by atoms with Crippen LogP contribution in [0.15, 0.2) is 140 Å². The van der Waals surface area contributed by atoms with Crippen molar-refractivity contribution in [2.75, 3.05) is 0 Å². The van der Waals surface area contributed by atoms with Gasteiger partial charge in [0.15, 0.2) is 0 Å². The van der Waals surface area contributed by atoms with Crippen LogP contribution in [0.3, 0.4) is 0 Å². The number of nitrogens with zero attached hydrogens (tertiary/aromatic N) is 3. The maximum absolute atomic E-state index is 5.39. The van der Waals surface area contributed by atoms with E-state index in [2.05, 4.69) is 158 Å². The molecule has 2 aromatic heterocycles. The van der Waals surface area contributed by atoms with Gasteiger partial charge in [-0.3, -0.25) is 4.57 Å². The molecule has 3 heteroatoms. The van der Waals surface area contributed by atoms with Crippen molar-refractivity contribution in [3.8, 4) is 28.3 Å². The predicted molar refractivity (Wildman–Crippen MR) is 192 cm³/mol. The molecule has 2 heterocycles. The molecule has 1 aliphatic rings. The number of aromatic nitrogens is 3. The molecule has 9 aromatic rings. The standard InChI is InChI=1S/C43H29N3/c1-43(2)35-18-9-7-17-32(35)41-40-36(43)19-11-20-37(40)44-42(45-41)46-38-21-10-8-16-31(38)34-25-27(22-23-39(34)46)33-24-26-12-3-4-13-28(26)29-14-5-6-15-30(29)33/h3-25H,1-2H3. The van der Waals surface area contributed by atoms with Crippen LogP contribution in [-0.4, -0.2) is 14.5 Å². The first-order valence-electron chi connectivity index (χ1n) is 15.9. The van der Waals surface area contributed by atoms with Crippen LogP contribution < -0.4 is 0 Å². The van der Waals surface area contributed by atoms with Crippen molar-refractivity contribution in [3.63, 3.8) is 0 Å². The van der Waals surface area contributed by atoms with Crippen LogP contribution in [0.25, 0.3) is 82.6 Å². The van der Waals surface area contributed by atoms with Gasteiger partial charge in [0, 0.05) is 27.1 Å². The molecule has 0 amide bonds. The van der Waals surface area contributed by atoms with Crippen molar-refractivity contribution in [2.24, 2.45) is 0 Å². The quantitative estimate of drug-likeness (QED) is 0.188. The van der Waals surface area contributed by atoms with E-state index < -0.39 is 0 Å². The average Bonchev–Trinajstić information content (AvgIpc) is 3.44. The second-order valence-electron chi connectivity index (χ2n) is 13.0. The molecule has 1 aliphatic carbocycles. The third-order valence-corrected chi connectivity index (χ3v) is 10.2. The van der Waals surface area contributed by atoms with E-state index in [0.717, 1.165) is 27.6 Å². The summed E-state index contributed by atoms with van der Waals surface area (Å²) in [5.41, 5.74) is 10.3. The van der Waals surface area contributed by atoms with Crippen molar-refractivity contribution in [3.05, 3.63) is 151 Å². The molecule has 3 nitrogen and oxygen atoms in total. The van der Waals surface area contributed by atoms with Crippen LogP contribution in [0.1, 0.15) is 25.0 Å². The Morgan fingerprint density at radius 2 is 1.20 bits per heavy atom. The maximum Gasteiger partial charge on any atom is 0.235 e. The monoisotopic (exact) mass is 587 g/mol. The highest BCUT2D eigenvalue weighted by atomic mass is 15.2. The second-order valence-corrected chi connectivity index (χ2v) is 13.0. The number of fused-ring (bicyclic) bond motifs is 8. The van der Waals surface area contributed by atoms with Crippen LogP contribution in [-0.2, 0) is 5.41 Å². The van der Waals surface area contributed by atoms with Crippen LogP contribution >= 0.6 is 0 Å². The predicted octanol–water partition coefficient (Wildman–Crippen LogP) is 11.0. The molecule has 7 aromatic carbocycles. The summed E-state index contributed by atoms with van der Waals surface area (Å²) in [5, 5.41) is 8.61. The lowest BCUT2D eigenvalue weighted by Crippen LogP contribution is -2.24. The van der Waals surface area contributed by atoms with Gasteiger partial charge in [0.2, 0.25) is 5.95 Å². The lowest BCUT2D eigenvalue weighted by molar-refractivity contribution is 0.643. The summed E-state index contributed by atoms with van der Waals surface area (Å²) in [4.78, 5) is 10.7. The smallest absolute Gasteiger partial charge is 0.235 e. The molecule has 0 spiro atoms. The largest absolute Gasteiger partial charge is 0.278 e. The first-order valence-corrected chi connectivity index (χ1v) is 15.9. The number of hydrogen-bond acceptors (Lipinski definition) is 2. The Hall–Kier alpha value is -5.80. The maximum atomic E-state index is 5.39. The molecular weight excluding hydrogens is 558 g/mol. The molecule has 0 saturated carbocycles. The van der Waals surface area contributed by atoms with Gasteiger partial charge in [0.25, 0.3) is 0 Å². The van der Waals surface area contributed by atoms with Crippen molar-refractivity contribution in [2.45, 2.75) is 19.3 Å². The van der Waals surface area contributed by atoms with Gasteiger partial charge in [-0.05, 0) is 74.1 Å². The Bertz CT molecular complexity index is 2730. The number of para-hydroxylation sites is 1. The van der Waals surface area contributed by atoms with E-state index in [1.54, 1.807) is 0 Å². The van der Waals surface area contributed by atoms with Crippen LogP contribution in [0.5, 0.6) is 0 Å². The Labute approximate surface area is 266 Å². The summed E-state index contributed by atoms with van der Waals surface area (Å²) >= 11 is 0. The number of rotatable bonds is 2. The zero-order chi connectivity index (χ0) is 30.6. The minimum atomic E-state index is -0.135. The zero-order valence-corrected chi connectivity index (χ0v) is 25.6. The van der Waals surface area contributed by atoms with Crippen molar-refractivity contribution >= 4 is 54.3 Å². The van der Waals surface area contributed by atoms with Crippen LogP contribution in [0.2, 0.25) is 0 Å². The highest BCUT2D eigenvalue weighted by Gasteiger charge is 2.34. The molecule has 46 heavy (non-hydrogen) atoms. The van der Waals surface area contributed by atoms with E-state index in [4.69, 9.17) is 9.97 Å². The minimum Gasteiger partial charge on any atom is -0.278 e. The summed E-state index contributed by atoms with van der Waals surface area (Å²) in [6.07, 6.45) is 0. The van der Waals surface area contributed by atoms with Gasteiger partial charge in [0.05, 0.1) is 22.2 Å². The van der Waals surface area contributed by atoms with Crippen LogP contribution in [0, 0.1) is 0 Å². The highest BCUT2D eigenvalue weighted by Crippen LogP contribution is 2.48. The molecule has 0 aliphatic heterocycles. The summed E-state index contributed by atoms with van der Waals surface area (Å²) in [6.45, 7) is 4.61.